The Morgan fingerprint density at radius 1 is 0.949 bits per heavy atom. The third-order valence-corrected chi connectivity index (χ3v) is 8.71. The maximum atomic E-state index is 14.0. The molecule has 0 saturated carbocycles. The lowest BCUT2D eigenvalue weighted by Crippen LogP contribution is -2.51. The fraction of sp³-hybridized carbons (Fsp3) is 0.333. The Bertz CT molecular complexity index is 1390. The Morgan fingerprint density at radius 3 is 2.23 bits per heavy atom. The van der Waals surface area contributed by atoms with Crippen molar-refractivity contribution in [2.45, 2.75) is 58.0 Å². The standard InChI is InChI=1S/C30H36ClN3O4S/c1-5-6-19-32-30(36)24(4)33(20-25-12-8-9-13-27(25)31)29(35)21-34(28-14-10-7-11-23(28)3)39(37,38)26-17-15-22(2)16-18-26/h7-18,24H,5-6,19-21H2,1-4H3,(H,32,36)/t24-/m0/s1. The quantitative estimate of drug-likeness (QED) is 0.292. The maximum Gasteiger partial charge on any atom is 0.264 e. The molecule has 0 spiro atoms. The van der Waals surface area contributed by atoms with E-state index >= 15 is 0 Å². The molecule has 39 heavy (non-hydrogen) atoms. The van der Waals surface area contributed by atoms with Crippen molar-refractivity contribution in [2.75, 3.05) is 17.4 Å². The van der Waals surface area contributed by atoms with Gasteiger partial charge in [0.25, 0.3) is 10.0 Å². The Balaban J connectivity index is 2.02. The van der Waals surface area contributed by atoms with Gasteiger partial charge in [0, 0.05) is 18.1 Å². The number of anilines is 1. The van der Waals surface area contributed by atoms with E-state index in [1.54, 1.807) is 68.4 Å². The molecule has 7 nitrogen and oxygen atoms in total. The van der Waals surface area contributed by atoms with Crippen molar-refractivity contribution in [3.63, 3.8) is 0 Å². The lowest BCUT2D eigenvalue weighted by Gasteiger charge is -2.32. The summed E-state index contributed by atoms with van der Waals surface area (Å²) in [4.78, 5) is 28.5. The van der Waals surface area contributed by atoms with Crippen molar-refractivity contribution in [3.8, 4) is 0 Å². The third kappa shape index (κ3) is 7.61. The Kier molecular flexibility index (Phi) is 10.5. The molecule has 0 fully saturated rings. The zero-order valence-electron chi connectivity index (χ0n) is 22.9. The molecular weight excluding hydrogens is 534 g/mol. The van der Waals surface area contributed by atoms with Gasteiger partial charge in [-0.3, -0.25) is 13.9 Å². The summed E-state index contributed by atoms with van der Waals surface area (Å²) >= 11 is 6.40. The van der Waals surface area contributed by atoms with E-state index in [4.69, 9.17) is 11.6 Å². The van der Waals surface area contributed by atoms with Gasteiger partial charge in [0.2, 0.25) is 11.8 Å². The molecule has 3 aromatic carbocycles. The van der Waals surface area contributed by atoms with E-state index < -0.39 is 28.5 Å². The van der Waals surface area contributed by atoms with Crippen LogP contribution in [0.4, 0.5) is 5.69 Å². The fourth-order valence-corrected chi connectivity index (χ4v) is 5.80. The van der Waals surface area contributed by atoms with Crippen LogP contribution in [0.5, 0.6) is 0 Å². The Morgan fingerprint density at radius 2 is 1.59 bits per heavy atom. The highest BCUT2D eigenvalue weighted by atomic mass is 35.5. The number of benzene rings is 3. The van der Waals surface area contributed by atoms with Crippen molar-refractivity contribution >= 4 is 39.1 Å². The minimum Gasteiger partial charge on any atom is -0.354 e. The fourth-order valence-electron chi connectivity index (χ4n) is 4.12. The molecule has 0 unspecified atom stereocenters. The van der Waals surface area contributed by atoms with Crippen molar-refractivity contribution in [2.24, 2.45) is 0 Å². The topological polar surface area (TPSA) is 86.8 Å². The molecule has 0 saturated heterocycles. The number of carbonyl (C=O) groups is 2. The van der Waals surface area contributed by atoms with Crippen molar-refractivity contribution in [1.82, 2.24) is 10.2 Å². The van der Waals surface area contributed by atoms with Crippen LogP contribution >= 0.6 is 11.6 Å². The summed E-state index contributed by atoms with van der Waals surface area (Å²) < 4.78 is 28.9. The molecule has 0 aromatic heterocycles. The van der Waals surface area contributed by atoms with Crippen molar-refractivity contribution in [3.05, 3.63) is 94.5 Å². The smallest absolute Gasteiger partial charge is 0.264 e. The van der Waals surface area contributed by atoms with Gasteiger partial charge in [0.15, 0.2) is 0 Å². The first-order valence-electron chi connectivity index (χ1n) is 13.0. The molecule has 0 bridgehead atoms. The number of sulfonamides is 1. The molecule has 1 N–H and O–H groups in total. The SMILES string of the molecule is CCCCNC(=O)[C@H](C)N(Cc1ccccc1Cl)C(=O)CN(c1ccccc1C)S(=O)(=O)c1ccc(C)cc1. The zero-order chi connectivity index (χ0) is 28.6. The van der Waals surface area contributed by atoms with Crippen LogP contribution in [0.3, 0.4) is 0 Å². The number of unbranched alkanes of at least 4 members (excludes halogenated alkanes) is 1. The highest BCUT2D eigenvalue weighted by molar-refractivity contribution is 7.92. The summed E-state index contributed by atoms with van der Waals surface area (Å²) in [7, 11) is -4.11. The van der Waals surface area contributed by atoms with Gasteiger partial charge in [-0.1, -0.05) is 79.0 Å². The summed E-state index contributed by atoms with van der Waals surface area (Å²) in [6.07, 6.45) is 1.73. The first kappa shape index (κ1) is 30.2. The third-order valence-electron chi connectivity index (χ3n) is 6.57. The first-order chi connectivity index (χ1) is 18.6. The number of para-hydroxylation sites is 1. The van der Waals surface area contributed by atoms with Crippen LogP contribution in [-0.2, 0) is 26.2 Å². The minimum absolute atomic E-state index is 0.0487. The van der Waals surface area contributed by atoms with E-state index in [0.717, 1.165) is 22.7 Å². The molecule has 0 heterocycles. The van der Waals surface area contributed by atoms with E-state index in [-0.39, 0.29) is 17.3 Å². The summed E-state index contributed by atoms with van der Waals surface area (Å²) in [5.74, 6) is -0.834. The highest BCUT2D eigenvalue weighted by Crippen LogP contribution is 2.28. The number of nitrogens with zero attached hydrogens (tertiary/aromatic N) is 2. The van der Waals surface area contributed by atoms with Crippen LogP contribution in [0.1, 0.15) is 43.4 Å². The number of carbonyl (C=O) groups excluding carboxylic acids is 2. The average Bonchev–Trinajstić information content (AvgIpc) is 2.91. The normalized spacial score (nSPS) is 12.0. The number of hydrogen-bond acceptors (Lipinski definition) is 4. The molecule has 208 valence electrons. The van der Waals surface area contributed by atoms with Gasteiger partial charge < -0.3 is 10.2 Å². The van der Waals surface area contributed by atoms with E-state index in [2.05, 4.69) is 5.32 Å². The lowest BCUT2D eigenvalue weighted by atomic mass is 10.1. The number of amides is 2. The van der Waals surface area contributed by atoms with Crippen molar-refractivity contribution < 1.29 is 18.0 Å². The highest BCUT2D eigenvalue weighted by Gasteiger charge is 2.33. The molecule has 3 rings (SSSR count). The van der Waals surface area contributed by atoms with E-state index in [9.17, 15) is 18.0 Å². The second-order valence-corrected chi connectivity index (χ2v) is 11.8. The number of halogens is 1. The van der Waals surface area contributed by atoms with Gasteiger partial charge in [0.1, 0.15) is 12.6 Å². The number of aryl methyl sites for hydroxylation is 2. The summed E-state index contributed by atoms with van der Waals surface area (Å²) in [5.41, 5.74) is 2.67. The van der Waals surface area contributed by atoms with Gasteiger partial charge in [-0.2, -0.15) is 0 Å². The molecular formula is C30H36ClN3O4S. The van der Waals surface area contributed by atoms with Crippen LogP contribution in [0, 0.1) is 13.8 Å². The van der Waals surface area contributed by atoms with E-state index in [1.807, 2.05) is 19.9 Å². The van der Waals surface area contributed by atoms with Crippen molar-refractivity contribution in [1.29, 1.82) is 0 Å². The predicted molar refractivity (Wildman–Crippen MR) is 156 cm³/mol. The average molecular weight is 570 g/mol. The summed E-state index contributed by atoms with van der Waals surface area (Å²) in [5, 5.41) is 3.33. The van der Waals surface area contributed by atoms with Gasteiger partial charge in [-0.25, -0.2) is 8.42 Å². The van der Waals surface area contributed by atoms with Crippen LogP contribution in [-0.4, -0.2) is 44.3 Å². The largest absolute Gasteiger partial charge is 0.354 e. The Hall–Kier alpha value is -3.36. The van der Waals surface area contributed by atoms with Crippen LogP contribution < -0.4 is 9.62 Å². The predicted octanol–water partition coefficient (Wildman–Crippen LogP) is 5.49. The number of hydrogen-bond donors (Lipinski definition) is 1. The molecule has 1 atom stereocenters. The van der Waals surface area contributed by atoms with Gasteiger partial charge in [0.05, 0.1) is 10.6 Å². The molecule has 0 aliphatic carbocycles. The monoisotopic (exact) mass is 569 g/mol. The van der Waals surface area contributed by atoms with E-state index in [0.29, 0.717) is 28.4 Å². The van der Waals surface area contributed by atoms with Gasteiger partial charge in [-0.05, 0) is 62.6 Å². The second-order valence-electron chi connectivity index (χ2n) is 9.54. The second kappa shape index (κ2) is 13.6. The molecule has 0 aliphatic rings. The zero-order valence-corrected chi connectivity index (χ0v) is 24.4. The Labute approximate surface area is 236 Å². The van der Waals surface area contributed by atoms with E-state index in [1.165, 1.54) is 17.0 Å². The molecule has 0 aliphatic heterocycles. The van der Waals surface area contributed by atoms with Gasteiger partial charge >= 0.3 is 0 Å². The minimum atomic E-state index is -4.11. The summed E-state index contributed by atoms with van der Waals surface area (Å²) in [6, 6.07) is 19.7. The molecule has 3 aromatic rings. The van der Waals surface area contributed by atoms with Crippen LogP contribution in [0.2, 0.25) is 5.02 Å². The summed E-state index contributed by atoms with van der Waals surface area (Å²) in [6.45, 7) is 7.39. The number of rotatable bonds is 12. The van der Waals surface area contributed by atoms with Crippen LogP contribution in [0.25, 0.3) is 0 Å². The molecule has 0 radical (unpaired) electrons. The first-order valence-corrected chi connectivity index (χ1v) is 14.8. The number of nitrogens with one attached hydrogen (secondary N) is 1. The molecule has 9 heteroatoms. The lowest BCUT2D eigenvalue weighted by molar-refractivity contribution is -0.139. The maximum absolute atomic E-state index is 14.0. The van der Waals surface area contributed by atoms with Crippen LogP contribution in [0.15, 0.2) is 77.7 Å². The molecule has 2 amide bonds. The van der Waals surface area contributed by atoms with Gasteiger partial charge in [-0.15, -0.1) is 0 Å².